The van der Waals surface area contributed by atoms with Gasteiger partial charge in [0.05, 0.1) is 0 Å². The summed E-state index contributed by atoms with van der Waals surface area (Å²) in [7, 11) is 0. The minimum Gasteiger partial charge on any atom is -0.481 e. The van der Waals surface area contributed by atoms with Crippen LogP contribution in [0, 0.1) is 5.82 Å². The van der Waals surface area contributed by atoms with Crippen molar-refractivity contribution in [2.45, 2.75) is 12.0 Å². The van der Waals surface area contributed by atoms with Crippen LogP contribution in [0.4, 0.5) is 4.39 Å². The van der Waals surface area contributed by atoms with Gasteiger partial charge in [-0.25, -0.2) is 4.39 Å². The van der Waals surface area contributed by atoms with Crippen LogP contribution in [0.1, 0.15) is 17.0 Å². The van der Waals surface area contributed by atoms with Crippen molar-refractivity contribution >= 4 is 17.6 Å². The zero-order chi connectivity index (χ0) is 16.1. The Morgan fingerprint density at radius 1 is 1.23 bits per heavy atom. The van der Waals surface area contributed by atoms with Gasteiger partial charge in [0.1, 0.15) is 11.9 Å². The summed E-state index contributed by atoms with van der Waals surface area (Å²) in [6, 6.07) is 10.6. The van der Waals surface area contributed by atoms with Crippen molar-refractivity contribution in [1.29, 1.82) is 0 Å². The summed E-state index contributed by atoms with van der Waals surface area (Å²) >= 11 is 5.83. The molecule has 1 N–H and O–H groups in total. The van der Waals surface area contributed by atoms with E-state index in [1.54, 1.807) is 30.3 Å². The molecule has 0 aliphatic carbocycles. The number of hydrogen-bond acceptors (Lipinski definition) is 2. The molecular weight excluding hydrogens is 309 g/mol. The van der Waals surface area contributed by atoms with Gasteiger partial charge in [-0.1, -0.05) is 41.0 Å². The first kappa shape index (κ1) is 15.8. The molecule has 2 aromatic carbocycles. The third-order valence-electron chi connectivity index (χ3n) is 3.18. The van der Waals surface area contributed by atoms with Crippen LogP contribution in [0.25, 0.3) is 10.4 Å². The smallest absolute Gasteiger partial charge is 0.313 e. The lowest BCUT2D eigenvalue weighted by Crippen LogP contribution is -2.26. The number of nitrogens with zero attached hydrogens (tertiary/aromatic N) is 3. The lowest BCUT2D eigenvalue weighted by molar-refractivity contribution is -0.138. The number of rotatable bonds is 5. The topological polar surface area (TPSA) is 86.1 Å². The number of azide groups is 1. The monoisotopic (exact) mass is 319 g/mol. The van der Waals surface area contributed by atoms with Crippen molar-refractivity contribution in [3.8, 4) is 0 Å². The van der Waals surface area contributed by atoms with Crippen LogP contribution in [0.2, 0.25) is 5.02 Å². The fraction of sp³-hybridized carbons (Fsp3) is 0.133. The molecule has 22 heavy (non-hydrogen) atoms. The van der Waals surface area contributed by atoms with E-state index in [1.165, 1.54) is 18.2 Å². The summed E-state index contributed by atoms with van der Waals surface area (Å²) in [4.78, 5) is 14.0. The van der Waals surface area contributed by atoms with Crippen LogP contribution in [-0.4, -0.2) is 17.1 Å². The second-order valence-electron chi connectivity index (χ2n) is 4.57. The Labute approximate surface area is 130 Å². The molecule has 7 heteroatoms. The maximum Gasteiger partial charge on any atom is 0.313 e. The summed E-state index contributed by atoms with van der Waals surface area (Å²) in [6.45, 7) is 0. The summed E-state index contributed by atoms with van der Waals surface area (Å²) in [5, 5.41) is 13.2. The highest BCUT2D eigenvalue weighted by molar-refractivity contribution is 6.30. The molecule has 0 radical (unpaired) electrons. The molecule has 0 heterocycles. The van der Waals surface area contributed by atoms with E-state index >= 15 is 0 Å². The van der Waals surface area contributed by atoms with Crippen molar-refractivity contribution in [2.75, 3.05) is 0 Å². The van der Waals surface area contributed by atoms with Gasteiger partial charge >= 0.3 is 5.97 Å². The summed E-state index contributed by atoms with van der Waals surface area (Å²) < 4.78 is 13.5. The Bertz CT molecular complexity index is 728. The standard InChI is InChI=1S/C15H11ClFN3O2/c16-11-6-4-9(5-7-11)13(14(15(21)22)19-20-18)10-2-1-3-12(17)8-10/h1-8,13-14H,(H,21,22)/t13-,14-/m0/s1. The van der Waals surface area contributed by atoms with Gasteiger partial charge in [0.15, 0.2) is 0 Å². The highest BCUT2D eigenvalue weighted by Gasteiger charge is 2.30. The first-order chi connectivity index (χ1) is 10.5. The predicted molar refractivity (Wildman–Crippen MR) is 80.3 cm³/mol. The second-order valence-corrected chi connectivity index (χ2v) is 5.01. The van der Waals surface area contributed by atoms with Crippen molar-refractivity contribution in [1.82, 2.24) is 0 Å². The number of carbonyl (C=O) groups is 1. The summed E-state index contributed by atoms with van der Waals surface area (Å²) in [5.74, 6) is -2.61. The van der Waals surface area contributed by atoms with E-state index < -0.39 is 23.7 Å². The minimum absolute atomic E-state index is 0.405. The van der Waals surface area contributed by atoms with E-state index in [2.05, 4.69) is 10.0 Å². The predicted octanol–water partition coefficient (Wildman–Crippen LogP) is 4.37. The third kappa shape index (κ3) is 3.55. The van der Waals surface area contributed by atoms with Crippen molar-refractivity contribution in [3.63, 3.8) is 0 Å². The third-order valence-corrected chi connectivity index (χ3v) is 3.43. The molecule has 0 fully saturated rings. The van der Waals surface area contributed by atoms with Crippen LogP contribution in [0.15, 0.2) is 53.6 Å². The van der Waals surface area contributed by atoms with Crippen LogP contribution in [0.5, 0.6) is 0 Å². The molecule has 0 unspecified atom stereocenters. The Balaban J connectivity index is 2.60. The number of carboxylic acids is 1. The fourth-order valence-corrected chi connectivity index (χ4v) is 2.37. The summed E-state index contributed by atoms with van der Waals surface area (Å²) in [5.41, 5.74) is 9.60. The molecule has 0 spiro atoms. The SMILES string of the molecule is [N-]=[N+]=N[C@H](C(=O)O)[C@@H](c1ccc(Cl)cc1)c1cccc(F)c1. The average molecular weight is 320 g/mol. The number of halogens is 2. The zero-order valence-corrected chi connectivity index (χ0v) is 12.0. The van der Waals surface area contributed by atoms with Gasteiger partial charge < -0.3 is 5.11 Å². The van der Waals surface area contributed by atoms with E-state index in [0.717, 1.165) is 0 Å². The van der Waals surface area contributed by atoms with Gasteiger partial charge in [0.25, 0.3) is 0 Å². The first-order valence-electron chi connectivity index (χ1n) is 6.31. The van der Waals surface area contributed by atoms with Gasteiger partial charge in [-0.2, -0.15) is 0 Å². The lowest BCUT2D eigenvalue weighted by atomic mass is 9.85. The molecule has 2 atom stereocenters. The molecular formula is C15H11ClFN3O2. The lowest BCUT2D eigenvalue weighted by Gasteiger charge is -2.21. The number of hydrogen-bond donors (Lipinski definition) is 1. The van der Waals surface area contributed by atoms with Gasteiger partial charge in [-0.15, -0.1) is 0 Å². The maximum atomic E-state index is 13.5. The number of carboxylic acid groups (broad SMARTS) is 1. The van der Waals surface area contributed by atoms with E-state index in [4.69, 9.17) is 17.1 Å². The van der Waals surface area contributed by atoms with Crippen molar-refractivity contribution in [2.24, 2.45) is 5.11 Å². The van der Waals surface area contributed by atoms with Gasteiger partial charge in [0.2, 0.25) is 0 Å². The Morgan fingerprint density at radius 2 is 1.91 bits per heavy atom. The molecule has 0 saturated carbocycles. The molecule has 0 aromatic heterocycles. The molecule has 2 aromatic rings. The van der Waals surface area contributed by atoms with Gasteiger partial charge in [-0.3, -0.25) is 4.79 Å². The Kier molecular flexibility index (Phi) is 4.99. The Morgan fingerprint density at radius 3 is 2.45 bits per heavy atom. The fourth-order valence-electron chi connectivity index (χ4n) is 2.24. The molecule has 0 aliphatic heterocycles. The van der Waals surface area contributed by atoms with Crippen LogP contribution >= 0.6 is 11.6 Å². The quantitative estimate of drug-likeness (QED) is 0.504. The van der Waals surface area contributed by atoms with Crippen LogP contribution < -0.4 is 0 Å². The largest absolute Gasteiger partial charge is 0.481 e. The molecule has 0 aliphatic rings. The van der Waals surface area contributed by atoms with Crippen molar-refractivity contribution < 1.29 is 14.3 Å². The van der Waals surface area contributed by atoms with E-state index in [0.29, 0.717) is 16.1 Å². The van der Waals surface area contributed by atoms with Crippen molar-refractivity contribution in [3.05, 3.63) is 80.9 Å². The van der Waals surface area contributed by atoms with Crippen LogP contribution in [-0.2, 0) is 4.79 Å². The molecule has 0 saturated heterocycles. The minimum atomic E-state index is -1.40. The average Bonchev–Trinajstić information content (AvgIpc) is 2.48. The molecule has 5 nitrogen and oxygen atoms in total. The van der Waals surface area contributed by atoms with Crippen LogP contribution in [0.3, 0.4) is 0 Å². The highest BCUT2D eigenvalue weighted by atomic mass is 35.5. The molecule has 0 amide bonds. The van der Waals surface area contributed by atoms with E-state index in [-0.39, 0.29) is 0 Å². The highest BCUT2D eigenvalue weighted by Crippen LogP contribution is 2.31. The van der Waals surface area contributed by atoms with Gasteiger partial charge in [-0.05, 0) is 40.9 Å². The first-order valence-corrected chi connectivity index (χ1v) is 6.68. The molecule has 112 valence electrons. The Hall–Kier alpha value is -2.56. The molecule has 2 rings (SSSR count). The summed E-state index contributed by atoms with van der Waals surface area (Å²) in [6.07, 6.45) is 0. The van der Waals surface area contributed by atoms with Gasteiger partial charge in [0, 0.05) is 15.9 Å². The maximum absolute atomic E-state index is 13.5. The van der Waals surface area contributed by atoms with E-state index in [9.17, 15) is 14.3 Å². The molecule has 0 bridgehead atoms. The normalized spacial score (nSPS) is 13.0. The van der Waals surface area contributed by atoms with E-state index in [1.807, 2.05) is 0 Å². The zero-order valence-electron chi connectivity index (χ0n) is 11.2. The number of benzene rings is 2. The second kappa shape index (κ2) is 6.93. The number of aliphatic carboxylic acids is 1.